The lowest BCUT2D eigenvalue weighted by Crippen LogP contribution is -2.39. The topological polar surface area (TPSA) is 53.1 Å². The van der Waals surface area contributed by atoms with Crippen molar-refractivity contribution < 1.29 is 0 Å². The minimum Gasteiger partial charge on any atom is -0.367 e. The van der Waals surface area contributed by atoms with Gasteiger partial charge in [-0.1, -0.05) is 6.92 Å². The summed E-state index contributed by atoms with van der Waals surface area (Å²) in [7, 11) is 0. The second-order valence-electron chi connectivity index (χ2n) is 5.52. The first-order valence-corrected chi connectivity index (χ1v) is 7.79. The Kier molecular flexibility index (Phi) is 5.59. The number of aromatic nitrogens is 2. The van der Waals surface area contributed by atoms with Crippen LogP contribution in [0.5, 0.6) is 0 Å². The van der Waals surface area contributed by atoms with Gasteiger partial charge in [-0.2, -0.15) is 4.98 Å². The average Bonchev–Trinajstić information content (AvgIpc) is 2.45. The summed E-state index contributed by atoms with van der Waals surface area (Å²) < 4.78 is 0. The van der Waals surface area contributed by atoms with Gasteiger partial charge < -0.3 is 15.5 Å². The third-order valence-corrected chi connectivity index (χ3v) is 3.77. The molecule has 0 radical (unpaired) electrons. The van der Waals surface area contributed by atoms with Crippen LogP contribution < -0.4 is 10.6 Å². The van der Waals surface area contributed by atoms with Crippen LogP contribution in [0.4, 0.5) is 11.8 Å². The normalized spacial score (nSPS) is 17.1. The molecule has 1 fully saturated rings. The van der Waals surface area contributed by atoms with Gasteiger partial charge in [0.25, 0.3) is 0 Å². The predicted molar refractivity (Wildman–Crippen MR) is 84.3 cm³/mol. The molecular formula is C15H27N5. The minimum absolute atomic E-state index is 0.534. The van der Waals surface area contributed by atoms with E-state index in [-0.39, 0.29) is 0 Å². The van der Waals surface area contributed by atoms with Crippen molar-refractivity contribution in [2.45, 2.75) is 46.1 Å². The molecule has 1 aliphatic rings. The lowest BCUT2D eigenvalue weighted by atomic mass is 10.0. The van der Waals surface area contributed by atoms with Gasteiger partial charge >= 0.3 is 0 Å². The number of anilines is 2. The standard InChI is InChI=1S/C15H27N5/c1-4-8-20-9-6-13(7-10-20)18-14-12(3)11-17-15(19-14)16-5-2/h11,13H,4-10H2,1-3H3,(H2,16,17,18,19). The first-order chi connectivity index (χ1) is 9.72. The number of aryl methyl sites for hydroxylation is 1. The van der Waals surface area contributed by atoms with E-state index in [0.717, 1.165) is 17.9 Å². The molecule has 5 nitrogen and oxygen atoms in total. The summed E-state index contributed by atoms with van der Waals surface area (Å²) in [5, 5.41) is 6.76. The van der Waals surface area contributed by atoms with Crippen LogP contribution in [0.15, 0.2) is 6.20 Å². The molecule has 0 saturated carbocycles. The molecule has 2 heterocycles. The second-order valence-corrected chi connectivity index (χ2v) is 5.52. The third kappa shape index (κ3) is 4.07. The van der Waals surface area contributed by atoms with Crippen LogP contribution in [0.1, 0.15) is 38.7 Å². The smallest absolute Gasteiger partial charge is 0.224 e. The largest absolute Gasteiger partial charge is 0.367 e. The number of hydrogen-bond donors (Lipinski definition) is 2. The van der Waals surface area contributed by atoms with Gasteiger partial charge in [0.15, 0.2) is 0 Å². The summed E-state index contributed by atoms with van der Waals surface area (Å²) in [4.78, 5) is 11.4. The van der Waals surface area contributed by atoms with Crippen LogP contribution in [0, 0.1) is 6.92 Å². The fourth-order valence-corrected chi connectivity index (χ4v) is 2.64. The van der Waals surface area contributed by atoms with Crippen molar-refractivity contribution in [3.8, 4) is 0 Å². The summed E-state index contributed by atoms with van der Waals surface area (Å²) in [5.41, 5.74) is 1.11. The van der Waals surface area contributed by atoms with E-state index in [1.807, 2.05) is 6.20 Å². The molecular weight excluding hydrogens is 250 g/mol. The highest BCUT2D eigenvalue weighted by Crippen LogP contribution is 2.18. The van der Waals surface area contributed by atoms with Gasteiger partial charge in [-0.05, 0) is 39.7 Å². The second kappa shape index (κ2) is 7.43. The first kappa shape index (κ1) is 15.0. The fraction of sp³-hybridized carbons (Fsp3) is 0.733. The first-order valence-electron chi connectivity index (χ1n) is 7.79. The maximum atomic E-state index is 4.56. The molecule has 0 spiro atoms. The van der Waals surface area contributed by atoms with Gasteiger partial charge in [0.1, 0.15) is 5.82 Å². The van der Waals surface area contributed by atoms with E-state index >= 15 is 0 Å². The van der Waals surface area contributed by atoms with E-state index in [1.54, 1.807) is 0 Å². The zero-order valence-corrected chi connectivity index (χ0v) is 12.9. The third-order valence-electron chi connectivity index (χ3n) is 3.77. The van der Waals surface area contributed by atoms with E-state index < -0.39 is 0 Å². The van der Waals surface area contributed by atoms with Crippen molar-refractivity contribution in [1.82, 2.24) is 14.9 Å². The molecule has 1 aromatic rings. The average molecular weight is 277 g/mol. The SMILES string of the molecule is CCCN1CCC(Nc2nc(NCC)ncc2C)CC1. The van der Waals surface area contributed by atoms with Crippen LogP contribution in [-0.4, -0.2) is 47.1 Å². The molecule has 0 amide bonds. The van der Waals surface area contributed by atoms with Crippen LogP contribution in [0.2, 0.25) is 0 Å². The van der Waals surface area contributed by atoms with Crippen molar-refractivity contribution in [3.63, 3.8) is 0 Å². The van der Waals surface area contributed by atoms with Crippen molar-refractivity contribution >= 4 is 11.8 Å². The Morgan fingerprint density at radius 1 is 1.30 bits per heavy atom. The van der Waals surface area contributed by atoms with Crippen LogP contribution in [0.3, 0.4) is 0 Å². The number of likely N-dealkylation sites (tertiary alicyclic amines) is 1. The van der Waals surface area contributed by atoms with Crippen molar-refractivity contribution in [3.05, 3.63) is 11.8 Å². The highest BCUT2D eigenvalue weighted by molar-refractivity contribution is 5.47. The molecule has 2 N–H and O–H groups in total. The van der Waals surface area contributed by atoms with Crippen molar-refractivity contribution in [2.24, 2.45) is 0 Å². The highest BCUT2D eigenvalue weighted by atomic mass is 15.2. The van der Waals surface area contributed by atoms with E-state index in [4.69, 9.17) is 0 Å². The summed E-state index contributed by atoms with van der Waals surface area (Å²) in [6, 6.07) is 0.534. The maximum absolute atomic E-state index is 4.56. The van der Waals surface area contributed by atoms with Gasteiger partial charge in [0, 0.05) is 37.4 Å². The maximum Gasteiger partial charge on any atom is 0.224 e. The molecule has 0 aromatic carbocycles. The molecule has 112 valence electrons. The molecule has 0 aliphatic carbocycles. The van der Waals surface area contributed by atoms with Crippen LogP contribution in [-0.2, 0) is 0 Å². The lowest BCUT2D eigenvalue weighted by Gasteiger charge is -2.32. The fourth-order valence-electron chi connectivity index (χ4n) is 2.64. The van der Waals surface area contributed by atoms with Crippen LogP contribution >= 0.6 is 0 Å². The Morgan fingerprint density at radius 2 is 2.05 bits per heavy atom. The molecule has 1 saturated heterocycles. The Balaban J connectivity index is 1.92. The van der Waals surface area contributed by atoms with Crippen molar-refractivity contribution in [1.29, 1.82) is 0 Å². The molecule has 5 heteroatoms. The summed E-state index contributed by atoms with van der Waals surface area (Å²) in [6.07, 6.45) is 5.52. The van der Waals surface area contributed by atoms with E-state index in [2.05, 4.69) is 46.3 Å². The number of piperidine rings is 1. The molecule has 0 unspecified atom stereocenters. The lowest BCUT2D eigenvalue weighted by molar-refractivity contribution is 0.219. The zero-order valence-electron chi connectivity index (χ0n) is 12.9. The van der Waals surface area contributed by atoms with E-state index in [9.17, 15) is 0 Å². The number of nitrogens with one attached hydrogen (secondary N) is 2. The predicted octanol–water partition coefficient (Wildman–Crippen LogP) is 2.50. The minimum atomic E-state index is 0.534. The number of nitrogens with zero attached hydrogens (tertiary/aromatic N) is 3. The molecule has 2 rings (SSSR count). The summed E-state index contributed by atoms with van der Waals surface area (Å²) in [5.74, 6) is 1.69. The molecule has 20 heavy (non-hydrogen) atoms. The monoisotopic (exact) mass is 277 g/mol. The van der Waals surface area contributed by atoms with Gasteiger partial charge in [-0.15, -0.1) is 0 Å². The summed E-state index contributed by atoms with van der Waals surface area (Å²) in [6.45, 7) is 10.8. The Bertz CT molecular complexity index is 413. The number of rotatable bonds is 6. The van der Waals surface area contributed by atoms with Gasteiger partial charge in [0.05, 0.1) is 0 Å². The van der Waals surface area contributed by atoms with E-state index in [0.29, 0.717) is 12.0 Å². The van der Waals surface area contributed by atoms with Gasteiger partial charge in [0.2, 0.25) is 5.95 Å². The Hall–Kier alpha value is -1.36. The molecule has 0 bridgehead atoms. The van der Waals surface area contributed by atoms with Gasteiger partial charge in [-0.25, -0.2) is 4.98 Å². The Labute approximate surface area is 122 Å². The number of hydrogen-bond acceptors (Lipinski definition) is 5. The van der Waals surface area contributed by atoms with E-state index in [1.165, 1.54) is 38.9 Å². The summed E-state index contributed by atoms with van der Waals surface area (Å²) >= 11 is 0. The highest BCUT2D eigenvalue weighted by Gasteiger charge is 2.19. The quantitative estimate of drug-likeness (QED) is 0.837. The molecule has 1 aliphatic heterocycles. The van der Waals surface area contributed by atoms with Gasteiger partial charge in [-0.3, -0.25) is 0 Å². The van der Waals surface area contributed by atoms with Crippen LogP contribution in [0.25, 0.3) is 0 Å². The Morgan fingerprint density at radius 3 is 2.70 bits per heavy atom. The van der Waals surface area contributed by atoms with Crippen molar-refractivity contribution in [2.75, 3.05) is 36.8 Å². The molecule has 0 atom stereocenters. The molecule has 1 aromatic heterocycles. The zero-order chi connectivity index (χ0) is 14.4.